The molecule has 104 valence electrons. The van der Waals surface area contributed by atoms with E-state index in [-0.39, 0.29) is 5.57 Å². The molecule has 0 aromatic rings. The minimum atomic E-state index is -1.46. The van der Waals surface area contributed by atoms with E-state index < -0.39 is 29.2 Å². The maximum atomic E-state index is 11.1. The van der Waals surface area contributed by atoms with E-state index in [1.807, 2.05) is 0 Å². The SMILES string of the molecule is CCC(C)/C(C(=O)O)=C(/OOC(C)(C)C)C(=O)O. The lowest BCUT2D eigenvalue weighted by molar-refractivity contribution is -0.321. The number of carboxylic acids is 2. The number of rotatable bonds is 6. The predicted octanol–water partition coefficient (Wildman–Crippen LogP) is 2.20. The first kappa shape index (κ1) is 16.4. The quantitative estimate of drug-likeness (QED) is 0.329. The van der Waals surface area contributed by atoms with Crippen LogP contribution in [0.1, 0.15) is 41.0 Å². The van der Waals surface area contributed by atoms with Crippen molar-refractivity contribution in [3.05, 3.63) is 11.3 Å². The van der Waals surface area contributed by atoms with E-state index in [9.17, 15) is 9.59 Å². The highest BCUT2D eigenvalue weighted by molar-refractivity contribution is 5.97. The van der Waals surface area contributed by atoms with Gasteiger partial charge in [0.1, 0.15) is 5.60 Å². The van der Waals surface area contributed by atoms with Crippen LogP contribution in [0.2, 0.25) is 0 Å². The zero-order valence-electron chi connectivity index (χ0n) is 11.3. The fourth-order valence-corrected chi connectivity index (χ4v) is 1.10. The molecule has 0 fully saturated rings. The van der Waals surface area contributed by atoms with Gasteiger partial charge in [-0.15, -0.1) is 0 Å². The summed E-state index contributed by atoms with van der Waals surface area (Å²) in [6, 6.07) is 0. The lowest BCUT2D eigenvalue weighted by Gasteiger charge is -2.20. The molecule has 0 heterocycles. The van der Waals surface area contributed by atoms with Gasteiger partial charge in [0.2, 0.25) is 0 Å². The third kappa shape index (κ3) is 5.18. The van der Waals surface area contributed by atoms with Gasteiger partial charge in [-0.1, -0.05) is 13.8 Å². The van der Waals surface area contributed by atoms with Crippen LogP contribution >= 0.6 is 0 Å². The number of aliphatic carboxylic acids is 2. The number of carboxylic acid groups (broad SMARTS) is 2. The molecule has 0 saturated heterocycles. The van der Waals surface area contributed by atoms with Crippen LogP contribution in [0.4, 0.5) is 0 Å². The van der Waals surface area contributed by atoms with Crippen LogP contribution in [-0.4, -0.2) is 27.8 Å². The van der Waals surface area contributed by atoms with Crippen molar-refractivity contribution in [2.24, 2.45) is 5.92 Å². The normalized spacial score (nSPS) is 14.7. The van der Waals surface area contributed by atoms with Crippen LogP contribution < -0.4 is 0 Å². The molecular weight excluding hydrogens is 240 g/mol. The summed E-state index contributed by atoms with van der Waals surface area (Å²) in [7, 11) is 0. The van der Waals surface area contributed by atoms with Gasteiger partial charge in [-0.2, -0.15) is 4.89 Å². The van der Waals surface area contributed by atoms with Crippen molar-refractivity contribution in [1.29, 1.82) is 0 Å². The first-order chi connectivity index (χ1) is 8.10. The number of hydrogen-bond acceptors (Lipinski definition) is 4. The molecule has 0 aliphatic carbocycles. The van der Waals surface area contributed by atoms with E-state index in [2.05, 4.69) is 0 Å². The first-order valence-corrected chi connectivity index (χ1v) is 5.66. The molecule has 0 spiro atoms. The molecule has 0 saturated carbocycles. The highest BCUT2D eigenvalue weighted by Gasteiger charge is 2.28. The predicted molar refractivity (Wildman–Crippen MR) is 63.7 cm³/mol. The molecule has 6 heteroatoms. The van der Waals surface area contributed by atoms with Gasteiger partial charge in [-0.25, -0.2) is 9.59 Å². The van der Waals surface area contributed by atoms with E-state index in [4.69, 9.17) is 20.0 Å². The summed E-state index contributed by atoms with van der Waals surface area (Å²) in [4.78, 5) is 31.8. The zero-order chi connectivity index (χ0) is 14.5. The van der Waals surface area contributed by atoms with Crippen molar-refractivity contribution in [3.8, 4) is 0 Å². The van der Waals surface area contributed by atoms with Crippen LogP contribution in [0.15, 0.2) is 11.3 Å². The van der Waals surface area contributed by atoms with Crippen molar-refractivity contribution in [1.82, 2.24) is 0 Å². The van der Waals surface area contributed by atoms with Gasteiger partial charge in [-0.3, -0.25) is 0 Å². The summed E-state index contributed by atoms with van der Waals surface area (Å²) in [6.45, 7) is 8.37. The third-order valence-corrected chi connectivity index (χ3v) is 2.15. The Labute approximate surface area is 106 Å². The Kier molecular flexibility index (Phi) is 5.84. The monoisotopic (exact) mass is 260 g/mol. The topological polar surface area (TPSA) is 93.1 Å². The molecule has 1 atom stereocenters. The summed E-state index contributed by atoms with van der Waals surface area (Å²) in [5.74, 6) is -3.90. The summed E-state index contributed by atoms with van der Waals surface area (Å²) < 4.78 is 0. The van der Waals surface area contributed by atoms with Crippen molar-refractivity contribution in [2.45, 2.75) is 46.6 Å². The molecule has 0 amide bonds. The van der Waals surface area contributed by atoms with Gasteiger partial charge in [0, 0.05) is 0 Å². The summed E-state index contributed by atoms with van der Waals surface area (Å²) >= 11 is 0. The van der Waals surface area contributed by atoms with Gasteiger partial charge in [0.15, 0.2) is 0 Å². The summed E-state index contributed by atoms with van der Waals surface area (Å²) in [5.41, 5.74) is -1.03. The molecule has 18 heavy (non-hydrogen) atoms. The Morgan fingerprint density at radius 2 is 1.67 bits per heavy atom. The van der Waals surface area contributed by atoms with E-state index in [0.717, 1.165) is 0 Å². The van der Waals surface area contributed by atoms with Gasteiger partial charge in [-0.05, 0) is 33.1 Å². The largest absolute Gasteiger partial charge is 0.478 e. The molecule has 0 aliphatic heterocycles. The van der Waals surface area contributed by atoms with Crippen LogP contribution in [-0.2, 0) is 19.4 Å². The number of hydrogen-bond donors (Lipinski definition) is 2. The second-order valence-electron chi connectivity index (χ2n) is 4.94. The Hall–Kier alpha value is -1.56. The molecule has 0 aromatic carbocycles. The van der Waals surface area contributed by atoms with Gasteiger partial charge < -0.3 is 15.1 Å². The molecule has 0 radical (unpaired) electrons. The minimum Gasteiger partial charge on any atom is -0.478 e. The van der Waals surface area contributed by atoms with E-state index in [0.29, 0.717) is 6.42 Å². The fraction of sp³-hybridized carbons (Fsp3) is 0.667. The zero-order valence-corrected chi connectivity index (χ0v) is 11.3. The van der Waals surface area contributed by atoms with Crippen molar-refractivity contribution < 1.29 is 29.6 Å². The highest BCUT2D eigenvalue weighted by Crippen LogP contribution is 2.22. The number of carbonyl (C=O) groups is 2. The second kappa shape index (κ2) is 6.39. The van der Waals surface area contributed by atoms with Crippen LogP contribution in [0, 0.1) is 5.92 Å². The maximum absolute atomic E-state index is 11.1. The van der Waals surface area contributed by atoms with E-state index >= 15 is 0 Å². The van der Waals surface area contributed by atoms with Crippen molar-refractivity contribution in [3.63, 3.8) is 0 Å². The molecular formula is C12H20O6. The highest BCUT2D eigenvalue weighted by atomic mass is 17.2. The Morgan fingerprint density at radius 3 is 1.94 bits per heavy atom. The molecule has 0 aliphatic rings. The average molecular weight is 260 g/mol. The Balaban J connectivity index is 5.36. The first-order valence-electron chi connectivity index (χ1n) is 5.66. The van der Waals surface area contributed by atoms with Crippen LogP contribution in [0.3, 0.4) is 0 Å². The van der Waals surface area contributed by atoms with Crippen LogP contribution in [0.25, 0.3) is 0 Å². The summed E-state index contributed by atoms with van der Waals surface area (Å²) in [5, 5.41) is 18.1. The molecule has 0 bridgehead atoms. The lowest BCUT2D eigenvalue weighted by atomic mass is 9.97. The second-order valence-corrected chi connectivity index (χ2v) is 4.94. The molecule has 1 unspecified atom stereocenters. The molecule has 0 aromatic heterocycles. The standard InChI is InChI=1S/C12H20O6/c1-6-7(2)8(10(13)14)9(11(15)16)17-18-12(3,4)5/h7H,6H2,1-5H3,(H,13,14)(H,15,16)/b9-8-. The average Bonchev–Trinajstić information content (AvgIpc) is 2.20. The minimum absolute atomic E-state index is 0.297. The van der Waals surface area contributed by atoms with E-state index in [1.54, 1.807) is 34.6 Å². The molecule has 0 rings (SSSR count). The van der Waals surface area contributed by atoms with Crippen molar-refractivity contribution >= 4 is 11.9 Å². The third-order valence-electron chi connectivity index (χ3n) is 2.15. The maximum Gasteiger partial charge on any atom is 0.375 e. The molecule has 6 nitrogen and oxygen atoms in total. The van der Waals surface area contributed by atoms with Crippen molar-refractivity contribution in [2.75, 3.05) is 0 Å². The Bertz CT molecular complexity index is 350. The Morgan fingerprint density at radius 1 is 1.17 bits per heavy atom. The fourth-order valence-electron chi connectivity index (χ4n) is 1.10. The van der Waals surface area contributed by atoms with Gasteiger partial charge >= 0.3 is 11.9 Å². The lowest BCUT2D eigenvalue weighted by Crippen LogP contribution is -2.24. The van der Waals surface area contributed by atoms with Gasteiger partial charge in [0.25, 0.3) is 5.76 Å². The summed E-state index contributed by atoms with van der Waals surface area (Å²) in [6.07, 6.45) is 0.483. The van der Waals surface area contributed by atoms with E-state index in [1.165, 1.54) is 0 Å². The molecule has 2 N–H and O–H groups in total. The van der Waals surface area contributed by atoms with Crippen LogP contribution in [0.5, 0.6) is 0 Å². The van der Waals surface area contributed by atoms with Gasteiger partial charge in [0.05, 0.1) is 5.57 Å². The smallest absolute Gasteiger partial charge is 0.375 e.